The second kappa shape index (κ2) is 8.60. The number of piperidine rings is 1. The Morgan fingerprint density at radius 3 is 2.45 bits per heavy atom. The number of ether oxygens (including phenoxy) is 1. The molecule has 1 fully saturated rings. The zero-order valence-corrected chi connectivity index (χ0v) is 16.9. The van der Waals surface area contributed by atoms with Crippen LogP contribution in [0.3, 0.4) is 0 Å². The normalized spacial score (nSPS) is 20.2. The molecule has 0 aromatic heterocycles. The van der Waals surface area contributed by atoms with Crippen LogP contribution in [0.15, 0.2) is 61.2 Å². The van der Waals surface area contributed by atoms with E-state index in [0.29, 0.717) is 24.9 Å². The highest BCUT2D eigenvalue weighted by Crippen LogP contribution is 2.41. The highest BCUT2D eigenvalue weighted by atomic mass is 19.1. The molecule has 0 bridgehead atoms. The minimum absolute atomic E-state index is 0.0620. The van der Waals surface area contributed by atoms with E-state index in [-0.39, 0.29) is 29.2 Å². The molecule has 29 heavy (non-hydrogen) atoms. The van der Waals surface area contributed by atoms with Gasteiger partial charge in [-0.3, -0.25) is 4.79 Å². The summed E-state index contributed by atoms with van der Waals surface area (Å²) < 4.78 is 18.1. The number of hydrogen-bond acceptors (Lipinski definition) is 3. The van der Waals surface area contributed by atoms with Crippen molar-refractivity contribution in [1.29, 1.82) is 0 Å². The van der Waals surface area contributed by atoms with Gasteiger partial charge in [0.25, 0.3) is 0 Å². The van der Waals surface area contributed by atoms with Gasteiger partial charge >= 0.3 is 5.97 Å². The second-order valence-corrected chi connectivity index (χ2v) is 7.58. The number of hydrogen-bond donors (Lipinski definition) is 0. The number of allylic oxidation sites excluding steroid dienone is 1. The molecular formula is C24H26FNO3. The summed E-state index contributed by atoms with van der Waals surface area (Å²) in [6.07, 6.45) is 3.64. The average Bonchev–Trinajstić information content (AvgIpc) is 2.73. The maximum atomic E-state index is 13.4. The van der Waals surface area contributed by atoms with E-state index >= 15 is 0 Å². The molecule has 0 aliphatic carbocycles. The first kappa shape index (κ1) is 20.8. The molecule has 152 valence electrons. The van der Waals surface area contributed by atoms with E-state index in [0.717, 1.165) is 17.5 Å². The molecule has 1 saturated heterocycles. The van der Waals surface area contributed by atoms with E-state index in [1.54, 1.807) is 24.3 Å². The van der Waals surface area contributed by atoms with Crippen LogP contribution in [0.25, 0.3) is 0 Å². The van der Waals surface area contributed by atoms with Crippen LogP contribution in [0, 0.1) is 5.82 Å². The van der Waals surface area contributed by atoms with E-state index in [9.17, 15) is 14.0 Å². The van der Waals surface area contributed by atoms with Crippen LogP contribution in [-0.4, -0.2) is 30.4 Å². The summed E-state index contributed by atoms with van der Waals surface area (Å²) in [6, 6.07) is 13.5. The van der Waals surface area contributed by atoms with Gasteiger partial charge in [0.05, 0.1) is 18.7 Å². The third kappa shape index (κ3) is 4.24. The summed E-state index contributed by atoms with van der Waals surface area (Å²) in [4.78, 5) is 26.6. The number of nitrogens with zero attached hydrogens (tertiary/aromatic N) is 1. The van der Waals surface area contributed by atoms with Gasteiger partial charge in [0.1, 0.15) is 5.82 Å². The molecule has 2 aromatic rings. The van der Waals surface area contributed by atoms with E-state index in [2.05, 4.69) is 6.58 Å². The van der Waals surface area contributed by atoms with Crippen molar-refractivity contribution in [2.45, 2.75) is 37.6 Å². The number of esters is 1. The van der Waals surface area contributed by atoms with Crippen molar-refractivity contribution in [2.75, 3.05) is 13.7 Å². The monoisotopic (exact) mass is 395 g/mol. The summed E-state index contributed by atoms with van der Waals surface area (Å²) in [5.41, 5.74) is 2.07. The molecule has 1 heterocycles. The lowest BCUT2D eigenvalue weighted by atomic mass is 9.70. The number of amides is 1. The first-order chi connectivity index (χ1) is 13.9. The molecule has 1 unspecified atom stereocenters. The minimum atomic E-state index is -0.383. The van der Waals surface area contributed by atoms with Crippen LogP contribution in [0.5, 0.6) is 0 Å². The van der Waals surface area contributed by atoms with E-state index < -0.39 is 0 Å². The quantitative estimate of drug-likeness (QED) is 0.521. The Kier molecular flexibility index (Phi) is 6.16. The van der Waals surface area contributed by atoms with Crippen molar-refractivity contribution < 1.29 is 18.7 Å². The van der Waals surface area contributed by atoms with E-state index in [4.69, 9.17) is 4.74 Å². The number of likely N-dealkylation sites (tertiary alicyclic amines) is 1. The van der Waals surface area contributed by atoms with Crippen LogP contribution in [0.4, 0.5) is 4.39 Å². The predicted octanol–water partition coefficient (Wildman–Crippen LogP) is 4.81. The van der Waals surface area contributed by atoms with Gasteiger partial charge in [-0.15, -0.1) is 6.58 Å². The van der Waals surface area contributed by atoms with Crippen LogP contribution in [0.1, 0.15) is 53.7 Å². The lowest BCUT2D eigenvalue weighted by Gasteiger charge is -2.43. The van der Waals surface area contributed by atoms with Crippen molar-refractivity contribution in [1.82, 2.24) is 4.90 Å². The third-order valence-electron chi connectivity index (χ3n) is 5.91. The summed E-state index contributed by atoms with van der Waals surface area (Å²) in [5.74, 6) is -0.603. The fourth-order valence-electron chi connectivity index (χ4n) is 4.16. The van der Waals surface area contributed by atoms with Gasteiger partial charge in [-0.05, 0) is 55.2 Å². The molecule has 0 saturated carbocycles. The van der Waals surface area contributed by atoms with Crippen molar-refractivity contribution >= 4 is 11.9 Å². The van der Waals surface area contributed by atoms with Crippen LogP contribution >= 0.6 is 0 Å². The molecule has 2 atom stereocenters. The average molecular weight is 395 g/mol. The largest absolute Gasteiger partial charge is 0.465 e. The molecule has 1 aliphatic rings. The molecular weight excluding hydrogens is 369 g/mol. The Hall–Kier alpha value is -2.95. The SMILES string of the molecule is C=CCC1(c2ccc(F)cc2)CCN([C@@H](C)c2ccc(C(=O)OC)cc2)C(=O)C1. The molecule has 1 aliphatic heterocycles. The van der Waals surface area contributed by atoms with Gasteiger partial charge in [-0.25, -0.2) is 9.18 Å². The molecule has 0 spiro atoms. The highest BCUT2D eigenvalue weighted by molar-refractivity contribution is 5.89. The van der Waals surface area contributed by atoms with E-state index in [1.165, 1.54) is 19.2 Å². The van der Waals surface area contributed by atoms with Gasteiger partial charge < -0.3 is 9.64 Å². The summed E-state index contributed by atoms with van der Waals surface area (Å²) in [6.45, 7) is 6.45. The Labute approximate surface area is 171 Å². The molecule has 4 nitrogen and oxygen atoms in total. The fraction of sp³-hybridized carbons (Fsp3) is 0.333. The maximum Gasteiger partial charge on any atom is 0.337 e. The van der Waals surface area contributed by atoms with Gasteiger partial charge in [-0.1, -0.05) is 30.3 Å². The lowest BCUT2D eigenvalue weighted by molar-refractivity contribution is -0.138. The zero-order valence-electron chi connectivity index (χ0n) is 16.9. The van der Waals surface area contributed by atoms with E-state index in [1.807, 2.05) is 30.0 Å². The minimum Gasteiger partial charge on any atom is -0.465 e. The zero-order chi connectivity index (χ0) is 21.0. The fourth-order valence-corrected chi connectivity index (χ4v) is 4.16. The van der Waals surface area contributed by atoms with Crippen molar-refractivity contribution in [3.05, 3.63) is 83.7 Å². The summed E-state index contributed by atoms with van der Waals surface area (Å²) in [7, 11) is 1.35. The first-order valence-corrected chi connectivity index (χ1v) is 9.75. The van der Waals surface area contributed by atoms with Crippen LogP contribution in [0.2, 0.25) is 0 Å². The maximum absolute atomic E-state index is 13.4. The molecule has 0 N–H and O–H groups in total. The molecule has 2 aromatic carbocycles. The Balaban J connectivity index is 1.79. The topological polar surface area (TPSA) is 46.6 Å². The lowest BCUT2D eigenvalue weighted by Crippen LogP contribution is -2.47. The smallest absolute Gasteiger partial charge is 0.337 e. The number of carbonyl (C=O) groups is 2. The molecule has 3 rings (SSSR count). The Morgan fingerprint density at radius 2 is 1.90 bits per heavy atom. The summed E-state index contributed by atoms with van der Waals surface area (Å²) in [5, 5.41) is 0. The highest BCUT2D eigenvalue weighted by Gasteiger charge is 2.40. The van der Waals surface area contributed by atoms with Gasteiger partial charge in [0, 0.05) is 18.4 Å². The Morgan fingerprint density at radius 1 is 1.24 bits per heavy atom. The number of methoxy groups -OCH3 is 1. The molecule has 1 amide bonds. The first-order valence-electron chi connectivity index (χ1n) is 9.75. The predicted molar refractivity (Wildman–Crippen MR) is 110 cm³/mol. The summed E-state index contributed by atoms with van der Waals surface area (Å²) >= 11 is 0. The number of rotatable bonds is 6. The van der Waals surface area contributed by atoms with Gasteiger partial charge in [0.15, 0.2) is 0 Å². The number of halogens is 1. The van der Waals surface area contributed by atoms with Crippen molar-refractivity contribution in [3.8, 4) is 0 Å². The van der Waals surface area contributed by atoms with Crippen molar-refractivity contribution in [3.63, 3.8) is 0 Å². The van der Waals surface area contributed by atoms with Crippen LogP contribution in [-0.2, 0) is 14.9 Å². The Bertz CT molecular complexity index is 891. The standard InChI is InChI=1S/C24H26FNO3/c1-4-13-24(20-9-11-21(25)12-10-20)14-15-26(22(27)16-24)17(2)18-5-7-19(8-6-18)23(28)29-3/h4-12,17H,1,13-16H2,2-3H3/t17-,24?/m0/s1. The van der Waals surface area contributed by atoms with Gasteiger partial charge in [0.2, 0.25) is 5.91 Å². The molecule has 0 radical (unpaired) electrons. The second-order valence-electron chi connectivity index (χ2n) is 7.58. The van der Waals surface area contributed by atoms with Crippen LogP contribution < -0.4 is 0 Å². The third-order valence-corrected chi connectivity index (χ3v) is 5.91. The molecule has 5 heteroatoms. The number of carbonyl (C=O) groups excluding carboxylic acids is 2. The van der Waals surface area contributed by atoms with Crippen molar-refractivity contribution in [2.24, 2.45) is 0 Å². The number of benzene rings is 2. The van der Waals surface area contributed by atoms with Gasteiger partial charge in [-0.2, -0.15) is 0 Å².